The highest BCUT2D eigenvalue weighted by Crippen LogP contribution is 2.27. The van der Waals surface area contributed by atoms with Crippen LogP contribution in [0.15, 0.2) is 24.3 Å². The molecule has 0 saturated heterocycles. The normalized spacial score (nSPS) is 10.3. The van der Waals surface area contributed by atoms with Crippen molar-refractivity contribution in [1.82, 2.24) is 4.98 Å². The molecule has 3 N–H and O–H groups in total. The van der Waals surface area contributed by atoms with Crippen LogP contribution in [0.4, 0.5) is 0 Å². The van der Waals surface area contributed by atoms with Crippen LogP contribution < -0.4 is 15.2 Å². The van der Waals surface area contributed by atoms with Gasteiger partial charge in [0.2, 0.25) is 0 Å². The molecule has 5 nitrogen and oxygen atoms in total. The number of hydrogen-bond acceptors (Lipinski definition) is 5. The molecule has 0 saturated carbocycles. The van der Waals surface area contributed by atoms with E-state index in [1.165, 1.54) is 11.3 Å². The molecule has 0 aliphatic rings. The number of nitrogens with one attached hydrogen (secondary N) is 1. The Bertz CT molecular complexity index is 610. The molecule has 0 radical (unpaired) electrons. The van der Waals surface area contributed by atoms with Crippen LogP contribution in [0.3, 0.4) is 0 Å². The van der Waals surface area contributed by atoms with Gasteiger partial charge in [-0.15, -0.1) is 11.3 Å². The van der Waals surface area contributed by atoms with Gasteiger partial charge in [0.25, 0.3) is 0 Å². The number of hydrogen-bond donors (Lipinski definition) is 2. The van der Waals surface area contributed by atoms with E-state index in [-0.39, 0.29) is 5.84 Å². The number of nitrogen functional groups attached to an aromatic ring is 1. The number of methoxy groups -OCH3 is 1. The average molecular weight is 291 g/mol. The van der Waals surface area contributed by atoms with Crippen molar-refractivity contribution < 1.29 is 9.47 Å². The number of ether oxygens (including phenoxy) is 2. The maximum atomic E-state index is 7.54. The summed E-state index contributed by atoms with van der Waals surface area (Å²) in [4.78, 5) is 5.18. The molecule has 2 aromatic rings. The molecular formula is C14H17N3O2S. The third kappa shape index (κ3) is 3.08. The zero-order chi connectivity index (χ0) is 14.5. The van der Waals surface area contributed by atoms with E-state index in [9.17, 15) is 0 Å². The van der Waals surface area contributed by atoms with Crippen molar-refractivity contribution in [2.24, 2.45) is 5.73 Å². The van der Waals surface area contributed by atoms with Crippen LogP contribution in [0.1, 0.15) is 22.5 Å². The first kappa shape index (κ1) is 14.3. The van der Waals surface area contributed by atoms with Crippen molar-refractivity contribution in [2.75, 3.05) is 7.11 Å². The molecule has 0 fully saturated rings. The van der Waals surface area contributed by atoms with Gasteiger partial charge in [0.1, 0.15) is 17.5 Å². The molecule has 20 heavy (non-hydrogen) atoms. The lowest BCUT2D eigenvalue weighted by Gasteiger charge is -2.08. The minimum atomic E-state index is 0.0582. The Morgan fingerprint density at radius 1 is 1.35 bits per heavy atom. The van der Waals surface area contributed by atoms with Gasteiger partial charge in [0, 0.05) is 0 Å². The first-order valence-corrected chi connectivity index (χ1v) is 7.06. The monoisotopic (exact) mass is 291 g/mol. The number of benzene rings is 1. The molecule has 0 spiro atoms. The van der Waals surface area contributed by atoms with Gasteiger partial charge in [0.05, 0.1) is 17.7 Å². The molecule has 2 rings (SSSR count). The smallest absolute Gasteiger partial charge is 0.161 e. The van der Waals surface area contributed by atoms with Gasteiger partial charge in [-0.3, -0.25) is 5.41 Å². The Hall–Kier alpha value is -2.08. The zero-order valence-corrected chi connectivity index (χ0v) is 12.3. The summed E-state index contributed by atoms with van der Waals surface area (Å²) in [7, 11) is 1.61. The Kier molecular flexibility index (Phi) is 4.57. The van der Waals surface area contributed by atoms with Crippen LogP contribution in [-0.4, -0.2) is 17.9 Å². The number of aryl methyl sites for hydroxylation is 1. The number of rotatable bonds is 6. The Morgan fingerprint density at radius 3 is 2.60 bits per heavy atom. The van der Waals surface area contributed by atoms with E-state index in [2.05, 4.69) is 4.98 Å². The van der Waals surface area contributed by atoms with Crippen molar-refractivity contribution in [3.05, 3.63) is 39.8 Å². The molecule has 1 aromatic carbocycles. The van der Waals surface area contributed by atoms with E-state index < -0.39 is 0 Å². The summed E-state index contributed by atoms with van der Waals surface area (Å²) in [6.45, 7) is 2.33. The quantitative estimate of drug-likeness (QED) is 0.633. The van der Waals surface area contributed by atoms with Gasteiger partial charge in [0.15, 0.2) is 11.5 Å². The van der Waals surface area contributed by atoms with Crippen molar-refractivity contribution in [3.63, 3.8) is 0 Å². The lowest BCUT2D eigenvalue weighted by Crippen LogP contribution is -2.11. The van der Waals surface area contributed by atoms with Crippen LogP contribution in [0, 0.1) is 5.41 Å². The summed E-state index contributed by atoms with van der Waals surface area (Å²) < 4.78 is 10.9. The molecular weight excluding hydrogens is 274 g/mol. The minimum Gasteiger partial charge on any atom is -0.493 e. The lowest BCUT2D eigenvalue weighted by molar-refractivity contribution is 0.284. The van der Waals surface area contributed by atoms with Gasteiger partial charge in [-0.25, -0.2) is 4.98 Å². The fraction of sp³-hybridized carbons (Fsp3) is 0.286. The van der Waals surface area contributed by atoms with Crippen molar-refractivity contribution >= 4 is 17.2 Å². The van der Waals surface area contributed by atoms with Crippen LogP contribution in [-0.2, 0) is 13.0 Å². The third-order valence-corrected chi connectivity index (χ3v) is 3.85. The summed E-state index contributed by atoms with van der Waals surface area (Å²) in [5, 5.41) is 8.34. The van der Waals surface area contributed by atoms with Crippen LogP contribution in [0.25, 0.3) is 0 Å². The third-order valence-electron chi connectivity index (χ3n) is 2.74. The van der Waals surface area contributed by atoms with E-state index in [4.69, 9.17) is 20.6 Å². The highest BCUT2D eigenvalue weighted by Gasteiger charge is 2.13. The number of amidine groups is 1. The summed E-state index contributed by atoms with van der Waals surface area (Å²) in [6, 6.07) is 7.46. The van der Waals surface area contributed by atoms with Gasteiger partial charge in [-0.1, -0.05) is 19.1 Å². The topological polar surface area (TPSA) is 81.2 Å². The van der Waals surface area contributed by atoms with Crippen molar-refractivity contribution in [1.29, 1.82) is 5.41 Å². The van der Waals surface area contributed by atoms with E-state index in [1.807, 2.05) is 31.2 Å². The lowest BCUT2D eigenvalue weighted by atomic mass is 10.3. The maximum Gasteiger partial charge on any atom is 0.161 e. The number of nitrogens with zero attached hydrogens (tertiary/aromatic N) is 1. The van der Waals surface area contributed by atoms with Crippen molar-refractivity contribution in [3.8, 4) is 11.5 Å². The molecule has 0 aliphatic heterocycles. The standard InChI is InChI=1S/C14H17N3O2S/c1-3-9-13(14(15)16)20-12(17-9)8-19-11-7-5-4-6-10(11)18-2/h4-7H,3,8H2,1-2H3,(H3,15,16). The minimum absolute atomic E-state index is 0.0582. The van der Waals surface area contributed by atoms with E-state index in [0.717, 1.165) is 22.0 Å². The fourth-order valence-corrected chi connectivity index (χ4v) is 2.72. The molecule has 0 aliphatic carbocycles. The molecule has 0 amide bonds. The molecule has 0 atom stereocenters. The van der Waals surface area contributed by atoms with E-state index >= 15 is 0 Å². The van der Waals surface area contributed by atoms with Gasteiger partial charge in [-0.2, -0.15) is 0 Å². The first-order chi connectivity index (χ1) is 9.65. The van der Waals surface area contributed by atoms with Crippen molar-refractivity contribution in [2.45, 2.75) is 20.0 Å². The Morgan fingerprint density at radius 2 is 2.05 bits per heavy atom. The Labute approximate surface area is 121 Å². The predicted octanol–water partition coefficient (Wildman–Crippen LogP) is 2.58. The van der Waals surface area contributed by atoms with Crippen LogP contribution >= 0.6 is 11.3 Å². The second-order valence-corrected chi connectivity index (χ2v) is 5.17. The molecule has 1 aromatic heterocycles. The van der Waals surface area contributed by atoms with Gasteiger partial charge in [-0.05, 0) is 18.6 Å². The van der Waals surface area contributed by atoms with E-state index in [0.29, 0.717) is 18.1 Å². The second-order valence-electron chi connectivity index (χ2n) is 4.09. The highest BCUT2D eigenvalue weighted by atomic mass is 32.1. The summed E-state index contributed by atoms with van der Waals surface area (Å²) in [5.41, 5.74) is 6.40. The predicted molar refractivity (Wildman–Crippen MR) is 79.8 cm³/mol. The molecule has 1 heterocycles. The van der Waals surface area contributed by atoms with Crippen LogP contribution in [0.5, 0.6) is 11.5 Å². The number of para-hydroxylation sites is 2. The van der Waals surface area contributed by atoms with Crippen LogP contribution in [0.2, 0.25) is 0 Å². The Balaban J connectivity index is 2.13. The number of nitrogens with two attached hydrogens (primary N) is 1. The van der Waals surface area contributed by atoms with Gasteiger partial charge >= 0.3 is 0 Å². The summed E-state index contributed by atoms with van der Waals surface area (Å²) in [5.74, 6) is 1.42. The fourth-order valence-electron chi connectivity index (χ4n) is 1.79. The largest absolute Gasteiger partial charge is 0.493 e. The zero-order valence-electron chi connectivity index (χ0n) is 11.5. The molecule has 6 heteroatoms. The highest BCUT2D eigenvalue weighted by molar-refractivity contribution is 7.13. The molecule has 106 valence electrons. The average Bonchev–Trinajstić information content (AvgIpc) is 2.89. The SMILES string of the molecule is CCc1nc(COc2ccccc2OC)sc1C(=N)N. The van der Waals surface area contributed by atoms with Gasteiger partial charge < -0.3 is 15.2 Å². The molecule has 0 unspecified atom stereocenters. The number of thiazole rings is 1. The first-order valence-electron chi connectivity index (χ1n) is 6.24. The summed E-state index contributed by atoms with van der Waals surface area (Å²) in [6.07, 6.45) is 0.750. The van der Waals surface area contributed by atoms with E-state index in [1.54, 1.807) is 7.11 Å². The summed E-state index contributed by atoms with van der Waals surface area (Å²) >= 11 is 1.40. The number of aromatic nitrogens is 1. The molecule has 0 bridgehead atoms. The second kappa shape index (κ2) is 6.38. The maximum absolute atomic E-state index is 7.54.